The van der Waals surface area contributed by atoms with Crippen molar-refractivity contribution in [2.45, 2.75) is 25.9 Å². The van der Waals surface area contributed by atoms with Gasteiger partial charge in [0.25, 0.3) is 0 Å². The van der Waals surface area contributed by atoms with Gasteiger partial charge in [0, 0.05) is 6.54 Å². The number of hydrogen-bond donors (Lipinski definition) is 3. The highest BCUT2D eigenvalue weighted by Gasteiger charge is 2.19. The number of rotatable bonds is 7. The number of aromatic hydroxyl groups is 1. The molecule has 0 saturated carbocycles. The minimum atomic E-state index is -0.268. The monoisotopic (exact) mass is 318 g/mol. The molecule has 1 atom stereocenters. The molecule has 23 heavy (non-hydrogen) atoms. The minimum Gasteiger partial charge on any atom is -0.508 e. The van der Waals surface area contributed by atoms with Gasteiger partial charge in [0.2, 0.25) is 0 Å². The Labute approximate surface area is 135 Å². The zero-order chi connectivity index (χ0) is 16.7. The third-order valence-corrected chi connectivity index (χ3v) is 3.59. The summed E-state index contributed by atoms with van der Waals surface area (Å²) in [4.78, 5) is 14.0. The largest absolute Gasteiger partial charge is 0.508 e. The number of phenols is 1. The van der Waals surface area contributed by atoms with Crippen LogP contribution in [0, 0.1) is 0 Å². The molecule has 2 aromatic rings. The number of carbonyl (C=O) groups excluding carboxylic acids is 1. The second-order valence-corrected chi connectivity index (χ2v) is 5.23. The number of aliphatic hydroxyl groups is 1. The minimum absolute atomic E-state index is 0.121. The smallest absolute Gasteiger partial charge is 0.318 e. The van der Waals surface area contributed by atoms with Crippen LogP contribution in [0.3, 0.4) is 0 Å². The van der Waals surface area contributed by atoms with Crippen molar-refractivity contribution >= 4 is 6.03 Å². The molecule has 0 saturated heterocycles. The van der Waals surface area contributed by atoms with Gasteiger partial charge in [0.15, 0.2) is 0 Å². The lowest BCUT2D eigenvalue weighted by molar-refractivity contribution is 0.165. The van der Waals surface area contributed by atoms with Crippen LogP contribution in [-0.4, -0.2) is 34.3 Å². The van der Waals surface area contributed by atoms with E-state index in [0.717, 1.165) is 5.56 Å². The number of nitrogens with one attached hydrogen (secondary N) is 1. The van der Waals surface area contributed by atoms with Crippen LogP contribution in [0.4, 0.5) is 4.79 Å². The fourth-order valence-corrected chi connectivity index (χ4v) is 2.33. The van der Waals surface area contributed by atoms with Gasteiger partial charge in [-0.2, -0.15) is 0 Å². The number of urea groups is 1. The lowest BCUT2D eigenvalue weighted by Gasteiger charge is -2.25. The number of benzene rings is 1. The van der Waals surface area contributed by atoms with Crippen molar-refractivity contribution in [2.75, 3.05) is 13.2 Å². The molecule has 6 heteroatoms. The van der Waals surface area contributed by atoms with Crippen LogP contribution >= 0.6 is 0 Å². The Balaban J connectivity index is 2.04. The quantitative estimate of drug-likeness (QED) is 0.732. The van der Waals surface area contributed by atoms with E-state index in [1.165, 1.54) is 4.90 Å². The molecular formula is C17H22N2O4. The average molecular weight is 318 g/mol. The number of hydrogen-bond acceptors (Lipinski definition) is 4. The molecular weight excluding hydrogens is 296 g/mol. The van der Waals surface area contributed by atoms with Gasteiger partial charge < -0.3 is 24.8 Å². The van der Waals surface area contributed by atoms with Gasteiger partial charge in [-0.15, -0.1) is 0 Å². The lowest BCUT2D eigenvalue weighted by atomic mass is 10.0. The van der Waals surface area contributed by atoms with E-state index in [1.807, 2.05) is 6.92 Å². The highest BCUT2D eigenvalue weighted by molar-refractivity contribution is 5.74. The Morgan fingerprint density at radius 3 is 2.61 bits per heavy atom. The van der Waals surface area contributed by atoms with E-state index in [0.29, 0.717) is 18.7 Å². The number of phenolic OH excluding ortho intramolecular Hbond substituents is 1. The summed E-state index contributed by atoms with van der Waals surface area (Å²) in [7, 11) is 0. The first-order valence-electron chi connectivity index (χ1n) is 7.61. The van der Waals surface area contributed by atoms with Crippen molar-refractivity contribution in [1.82, 2.24) is 10.2 Å². The van der Waals surface area contributed by atoms with E-state index in [-0.39, 0.29) is 31.0 Å². The molecule has 1 heterocycles. The Bertz CT molecular complexity index is 596. The van der Waals surface area contributed by atoms with Gasteiger partial charge >= 0.3 is 6.03 Å². The molecule has 0 unspecified atom stereocenters. The maximum atomic E-state index is 12.5. The van der Waals surface area contributed by atoms with Gasteiger partial charge in [-0.3, -0.25) is 0 Å². The molecule has 0 aliphatic carbocycles. The van der Waals surface area contributed by atoms with E-state index >= 15 is 0 Å². The predicted octanol–water partition coefficient (Wildman–Crippen LogP) is 2.64. The number of nitrogens with zero attached hydrogens (tertiary/aromatic N) is 1. The Kier molecular flexibility index (Phi) is 6.05. The van der Waals surface area contributed by atoms with Crippen molar-refractivity contribution in [1.29, 1.82) is 0 Å². The van der Waals surface area contributed by atoms with Gasteiger partial charge in [-0.1, -0.05) is 19.1 Å². The van der Waals surface area contributed by atoms with Crippen molar-refractivity contribution in [3.05, 3.63) is 54.0 Å². The van der Waals surface area contributed by atoms with E-state index in [1.54, 1.807) is 42.7 Å². The third-order valence-electron chi connectivity index (χ3n) is 3.59. The van der Waals surface area contributed by atoms with Crippen molar-refractivity contribution < 1.29 is 19.4 Å². The van der Waals surface area contributed by atoms with Crippen molar-refractivity contribution in [3.63, 3.8) is 0 Å². The summed E-state index contributed by atoms with van der Waals surface area (Å²) in [6.45, 7) is 2.37. The van der Waals surface area contributed by atoms with Crippen LogP contribution in [0.1, 0.15) is 30.7 Å². The standard InChI is InChI=1S/C17H22N2O4/c1-2-16(13-5-7-14(21)8-6-13)18-17(22)19(9-10-20)12-15-4-3-11-23-15/h3-8,11,16,20-21H,2,9-10,12H2,1H3,(H,18,22)/t16-/m0/s1. The zero-order valence-corrected chi connectivity index (χ0v) is 13.1. The first-order chi connectivity index (χ1) is 11.1. The maximum absolute atomic E-state index is 12.5. The number of aliphatic hydroxyl groups excluding tert-OH is 1. The molecule has 6 nitrogen and oxygen atoms in total. The van der Waals surface area contributed by atoms with Gasteiger partial charge in [0.1, 0.15) is 11.5 Å². The van der Waals surface area contributed by atoms with Crippen LogP contribution in [0.15, 0.2) is 47.1 Å². The third kappa shape index (κ3) is 4.75. The molecule has 0 radical (unpaired) electrons. The lowest BCUT2D eigenvalue weighted by Crippen LogP contribution is -2.42. The van der Waals surface area contributed by atoms with Crippen LogP contribution in [0.2, 0.25) is 0 Å². The fourth-order valence-electron chi connectivity index (χ4n) is 2.33. The molecule has 0 spiro atoms. The van der Waals surface area contributed by atoms with Crippen LogP contribution < -0.4 is 5.32 Å². The number of furan rings is 1. The fraction of sp³-hybridized carbons (Fsp3) is 0.353. The second kappa shape index (κ2) is 8.24. The normalized spacial score (nSPS) is 11.9. The van der Waals surface area contributed by atoms with Crippen molar-refractivity contribution in [2.24, 2.45) is 0 Å². The molecule has 1 aromatic carbocycles. The molecule has 124 valence electrons. The van der Waals surface area contributed by atoms with E-state index in [9.17, 15) is 15.0 Å². The molecule has 2 rings (SSSR count). The predicted molar refractivity (Wildman–Crippen MR) is 85.9 cm³/mol. The Morgan fingerprint density at radius 2 is 2.04 bits per heavy atom. The summed E-state index contributed by atoms with van der Waals surface area (Å²) in [5.74, 6) is 0.848. The molecule has 0 aliphatic rings. The first-order valence-corrected chi connectivity index (χ1v) is 7.61. The van der Waals surface area contributed by atoms with Gasteiger partial charge in [0.05, 0.1) is 25.5 Å². The summed E-state index contributed by atoms with van der Waals surface area (Å²) in [6, 6.07) is 9.87. The highest BCUT2D eigenvalue weighted by Crippen LogP contribution is 2.20. The highest BCUT2D eigenvalue weighted by atomic mass is 16.3. The number of carbonyl (C=O) groups is 1. The summed E-state index contributed by atoms with van der Waals surface area (Å²) in [5, 5.41) is 21.5. The average Bonchev–Trinajstić information content (AvgIpc) is 3.06. The van der Waals surface area contributed by atoms with E-state index in [2.05, 4.69) is 5.32 Å². The summed E-state index contributed by atoms with van der Waals surface area (Å²) in [6.07, 6.45) is 2.26. The number of amides is 2. The van der Waals surface area contributed by atoms with Crippen LogP contribution in [0.5, 0.6) is 5.75 Å². The molecule has 0 fully saturated rings. The van der Waals surface area contributed by atoms with E-state index < -0.39 is 0 Å². The van der Waals surface area contributed by atoms with Gasteiger partial charge in [-0.25, -0.2) is 4.79 Å². The molecule has 0 bridgehead atoms. The SMILES string of the molecule is CC[C@H](NC(=O)N(CCO)Cc1ccco1)c1ccc(O)cc1. The first kappa shape index (κ1) is 16.9. The van der Waals surface area contributed by atoms with Crippen LogP contribution in [-0.2, 0) is 6.54 Å². The topological polar surface area (TPSA) is 85.9 Å². The summed E-state index contributed by atoms with van der Waals surface area (Å²) < 4.78 is 5.26. The zero-order valence-electron chi connectivity index (χ0n) is 13.1. The Morgan fingerprint density at radius 1 is 1.30 bits per heavy atom. The van der Waals surface area contributed by atoms with Crippen LogP contribution in [0.25, 0.3) is 0 Å². The maximum Gasteiger partial charge on any atom is 0.318 e. The molecule has 2 amide bonds. The van der Waals surface area contributed by atoms with Gasteiger partial charge in [-0.05, 0) is 36.2 Å². The van der Waals surface area contributed by atoms with E-state index in [4.69, 9.17) is 4.42 Å². The Hall–Kier alpha value is -2.47. The molecule has 1 aromatic heterocycles. The summed E-state index contributed by atoms with van der Waals surface area (Å²) in [5.41, 5.74) is 0.917. The molecule has 0 aliphatic heterocycles. The van der Waals surface area contributed by atoms with Crippen molar-refractivity contribution in [3.8, 4) is 5.75 Å². The molecule has 3 N–H and O–H groups in total. The second-order valence-electron chi connectivity index (χ2n) is 5.23. The summed E-state index contributed by atoms with van der Waals surface area (Å²) >= 11 is 0.